The minimum absolute atomic E-state index is 0.0158. The third-order valence-corrected chi connectivity index (χ3v) is 9.91. The van der Waals surface area contributed by atoms with E-state index in [1.54, 1.807) is 25.2 Å². The summed E-state index contributed by atoms with van der Waals surface area (Å²) in [5.74, 6) is 0.675. The van der Waals surface area contributed by atoms with Gasteiger partial charge in [-0.15, -0.1) is 0 Å². The van der Waals surface area contributed by atoms with Gasteiger partial charge in [-0.2, -0.15) is 4.31 Å². The molecular formula is C20H28N4O6S2. The monoisotopic (exact) mass is 484 g/mol. The lowest BCUT2D eigenvalue weighted by molar-refractivity contribution is -0.131. The topological polar surface area (TPSA) is 119 Å². The number of morpholine rings is 1. The number of aromatic nitrogens is 2. The molecule has 0 aliphatic carbocycles. The second-order valence-electron chi connectivity index (χ2n) is 8.32. The van der Waals surface area contributed by atoms with Crippen LogP contribution in [0, 0.1) is 0 Å². The second kappa shape index (κ2) is 8.73. The highest BCUT2D eigenvalue weighted by molar-refractivity contribution is 7.91. The molecule has 2 aliphatic rings. The van der Waals surface area contributed by atoms with Gasteiger partial charge in [-0.25, -0.2) is 21.8 Å². The van der Waals surface area contributed by atoms with Crippen molar-refractivity contribution in [1.82, 2.24) is 18.8 Å². The molecule has 0 saturated carbocycles. The first-order valence-corrected chi connectivity index (χ1v) is 13.8. The first-order valence-electron chi connectivity index (χ1n) is 10.6. The zero-order chi connectivity index (χ0) is 23.1. The van der Waals surface area contributed by atoms with E-state index in [9.17, 15) is 21.6 Å². The Kier molecular flexibility index (Phi) is 6.31. The molecule has 0 radical (unpaired) electrons. The number of carbonyl (C=O) groups is 1. The fourth-order valence-corrected chi connectivity index (χ4v) is 7.43. The molecular weight excluding hydrogens is 456 g/mol. The Morgan fingerprint density at radius 2 is 2.00 bits per heavy atom. The summed E-state index contributed by atoms with van der Waals surface area (Å²) in [6.07, 6.45) is 1.04. The normalized spacial score (nSPS) is 21.8. The van der Waals surface area contributed by atoms with Crippen LogP contribution in [0.4, 0.5) is 0 Å². The van der Waals surface area contributed by atoms with Crippen LogP contribution in [0.2, 0.25) is 0 Å². The van der Waals surface area contributed by atoms with E-state index in [2.05, 4.69) is 4.98 Å². The number of nitrogens with zero attached hydrogens (tertiary/aromatic N) is 4. The number of fused-ring (bicyclic) bond motifs is 1. The number of rotatable bonds is 6. The molecule has 4 rings (SSSR count). The SMILES string of the molecule is CN(C(=O)CCc1nc2cc(S(=O)(=O)N3CCOCC3)ccc2n1C)[C@H]1CCS(=O)(=O)C1. The average Bonchev–Trinajstić information content (AvgIpc) is 3.30. The fourth-order valence-electron chi connectivity index (χ4n) is 4.23. The Hall–Kier alpha value is -2.02. The summed E-state index contributed by atoms with van der Waals surface area (Å²) in [6, 6.07) is 4.61. The van der Waals surface area contributed by atoms with E-state index in [1.165, 1.54) is 9.21 Å². The number of benzene rings is 1. The van der Waals surface area contributed by atoms with Crippen LogP contribution < -0.4 is 0 Å². The quantitative estimate of drug-likeness (QED) is 0.573. The Balaban J connectivity index is 1.48. The molecule has 0 spiro atoms. The summed E-state index contributed by atoms with van der Waals surface area (Å²) in [5, 5.41) is 0. The number of ether oxygens (including phenoxy) is 1. The first-order chi connectivity index (χ1) is 15.1. The van der Waals surface area contributed by atoms with Crippen LogP contribution in [-0.4, -0.2) is 92.4 Å². The molecule has 0 bridgehead atoms. The van der Waals surface area contributed by atoms with Gasteiger partial charge in [-0.3, -0.25) is 4.79 Å². The summed E-state index contributed by atoms with van der Waals surface area (Å²) in [4.78, 5) is 18.9. The van der Waals surface area contributed by atoms with Crippen molar-refractivity contribution in [2.75, 3.05) is 44.9 Å². The first kappa shape index (κ1) is 23.1. The summed E-state index contributed by atoms with van der Waals surface area (Å²) in [7, 11) is -3.20. The number of aryl methyl sites for hydroxylation is 2. The van der Waals surface area contributed by atoms with E-state index in [0.717, 1.165) is 5.52 Å². The van der Waals surface area contributed by atoms with Crippen LogP contribution in [0.1, 0.15) is 18.7 Å². The molecule has 1 atom stereocenters. The lowest BCUT2D eigenvalue weighted by Crippen LogP contribution is -2.40. The minimum atomic E-state index is -3.62. The van der Waals surface area contributed by atoms with Crippen molar-refractivity contribution in [1.29, 1.82) is 0 Å². The molecule has 1 aromatic heterocycles. The van der Waals surface area contributed by atoms with Gasteiger partial charge in [0.25, 0.3) is 0 Å². The van der Waals surface area contributed by atoms with Crippen LogP contribution in [0.15, 0.2) is 23.1 Å². The van der Waals surface area contributed by atoms with Crippen LogP contribution in [0.5, 0.6) is 0 Å². The van der Waals surface area contributed by atoms with Gasteiger partial charge in [-0.1, -0.05) is 0 Å². The predicted molar refractivity (Wildman–Crippen MR) is 118 cm³/mol. The number of sulfonamides is 1. The minimum Gasteiger partial charge on any atom is -0.379 e. The van der Waals surface area contributed by atoms with Crippen LogP contribution in [-0.2, 0) is 42.9 Å². The standard InChI is InChI=1S/C20H28N4O6S2/c1-22(15-7-12-31(26,27)14-15)20(25)6-5-19-21-17-13-16(3-4-18(17)23(19)2)32(28,29)24-8-10-30-11-9-24/h3-4,13,15H,5-12,14H2,1-2H3/t15-/m0/s1. The summed E-state index contributed by atoms with van der Waals surface area (Å²) in [5.41, 5.74) is 1.34. The van der Waals surface area contributed by atoms with Gasteiger partial charge in [0.1, 0.15) is 5.82 Å². The van der Waals surface area contributed by atoms with Crippen LogP contribution >= 0.6 is 0 Å². The molecule has 3 heterocycles. The molecule has 10 nitrogen and oxygen atoms in total. The summed E-state index contributed by atoms with van der Waals surface area (Å²) in [6.45, 7) is 1.41. The maximum Gasteiger partial charge on any atom is 0.243 e. The van der Waals surface area contributed by atoms with Crippen molar-refractivity contribution in [3.8, 4) is 0 Å². The lowest BCUT2D eigenvalue weighted by atomic mass is 10.2. The van der Waals surface area contributed by atoms with Crippen molar-refractivity contribution >= 4 is 36.8 Å². The molecule has 2 fully saturated rings. The molecule has 12 heteroatoms. The number of hydrogen-bond acceptors (Lipinski definition) is 7. The molecule has 0 N–H and O–H groups in total. The molecule has 2 saturated heterocycles. The number of hydrogen-bond donors (Lipinski definition) is 0. The maximum absolute atomic E-state index is 12.9. The number of carbonyl (C=O) groups excluding carboxylic acids is 1. The predicted octanol–water partition coefficient (Wildman–Crippen LogP) is 0.172. The van der Waals surface area contributed by atoms with Crippen LogP contribution in [0.3, 0.4) is 0 Å². The largest absolute Gasteiger partial charge is 0.379 e. The Bertz CT molecular complexity index is 1230. The summed E-state index contributed by atoms with van der Waals surface area (Å²) >= 11 is 0. The van der Waals surface area contributed by atoms with Gasteiger partial charge in [0, 0.05) is 46.1 Å². The van der Waals surface area contributed by atoms with E-state index in [4.69, 9.17) is 4.74 Å². The maximum atomic E-state index is 12.9. The van der Waals surface area contributed by atoms with Crippen LogP contribution in [0.25, 0.3) is 11.0 Å². The van der Waals surface area contributed by atoms with E-state index < -0.39 is 19.9 Å². The van der Waals surface area contributed by atoms with Gasteiger partial charge in [0.2, 0.25) is 15.9 Å². The summed E-state index contributed by atoms with van der Waals surface area (Å²) < 4.78 is 57.7. The van der Waals surface area contributed by atoms with Crippen molar-refractivity contribution in [3.63, 3.8) is 0 Å². The Morgan fingerprint density at radius 3 is 2.66 bits per heavy atom. The van der Waals surface area contributed by atoms with Gasteiger partial charge in [0.05, 0.1) is 40.6 Å². The Labute approximate surface area is 188 Å². The Morgan fingerprint density at radius 1 is 1.28 bits per heavy atom. The molecule has 2 aromatic rings. The van der Waals surface area contributed by atoms with Crippen molar-refractivity contribution in [2.24, 2.45) is 7.05 Å². The number of amides is 1. The molecule has 1 aromatic carbocycles. The number of imidazole rings is 1. The van der Waals surface area contributed by atoms with E-state index >= 15 is 0 Å². The zero-order valence-corrected chi connectivity index (χ0v) is 19.9. The highest BCUT2D eigenvalue weighted by atomic mass is 32.2. The molecule has 0 unspecified atom stereocenters. The molecule has 1 amide bonds. The van der Waals surface area contributed by atoms with E-state index in [1.807, 2.05) is 11.6 Å². The van der Waals surface area contributed by atoms with Crippen molar-refractivity contribution in [3.05, 3.63) is 24.0 Å². The fraction of sp³-hybridized carbons (Fsp3) is 0.600. The lowest BCUT2D eigenvalue weighted by Gasteiger charge is -2.26. The highest BCUT2D eigenvalue weighted by Gasteiger charge is 2.32. The van der Waals surface area contributed by atoms with Gasteiger partial charge in [0.15, 0.2) is 9.84 Å². The van der Waals surface area contributed by atoms with E-state index in [-0.39, 0.29) is 34.8 Å². The molecule has 2 aliphatic heterocycles. The van der Waals surface area contributed by atoms with Gasteiger partial charge in [-0.05, 0) is 24.6 Å². The van der Waals surface area contributed by atoms with E-state index in [0.29, 0.717) is 50.5 Å². The van der Waals surface area contributed by atoms with Gasteiger partial charge < -0.3 is 14.2 Å². The molecule has 176 valence electrons. The zero-order valence-electron chi connectivity index (χ0n) is 18.2. The average molecular weight is 485 g/mol. The van der Waals surface area contributed by atoms with Crippen molar-refractivity contribution in [2.45, 2.75) is 30.2 Å². The highest BCUT2D eigenvalue weighted by Crippen LogP contribution is 2.24. The third-order valence-electron chi connectivity index (χ3n) is 6.26. The third kappa shape index (κ3) is 4.54. The number of sulfone groups is 1. The second-order valence-corrected chi connectivity index (χ2v) is 12.5. The van der Waals surface area contributed by atoms with Crippen molar-refractivity contribution < 1.29 is 26.4 Å². The smallest absolute Gasteiger partial charge is 0.243 e. The van der Waals surface area contributed by atoms with Gasteiger partial charge >= 0.3 is 0 Å². The molecule has 32 heavy (non-hydrogen) atoms.